The number of allylic oxidation sites excluding steroid dienone is 3. The van der Waals surface area contributed by atoms with Gasteiger partial charge in [-0.15, -0.1) is 16.2 Å². The third-order valence-corrected chi connectivity index (χ3v) is 3.73. The van der Waals surface area contributed by atoms with Gasteiger partial charge in [-0.2, -0.15) is 0 Å². The maximum atomic E-state index is 11.9. The molecule has 0 radical (unpaired) electrons. The number of thiophene rings is 1. The summed E-state index contributed by atoms with van der Waals surface area (Å²) in [4.78, 5) is 30.1. The molecule has 0 spiro atoms. The average Bonchev–Trinajstić information content (AvgIpc) is 3.01. The molecule has 1 rings (SSSR count). The quantitative estimate of drug-likeness (QED) is 0.239. The molecule has 1 heterocycles. The summed E-state index contributed by atoms with van der Waals surface area (Å²) < 4.78 is 21.9. The number of carbonyl (C=O) groups is 2. The lowest BCUT2D eigenvalue weighted by atomic mass is 10.2. The lowest BCUT2D eigenvalue weighted by molar-refractivity contribution is -0.117. The van der Waals surface area contributed by atoms with Gasteiger partial charge in [0, 0.05) is 6.21 Å². The molecule has 0 unspecified atom stereocenters. The van der Waals surface area contributed by atoms with E-state index in [1.807, 2.05) is 10.3 Å². The summed E-state index contributed by atoms with van der Waals surface area (Å²) in [6.07, 6.45) is 6.89. The number of nitrogens with one attached hydrogen (secondary N) is 2. The maximum Gasteiger partial charge on any atom is 0.267 e. The van der Waals surface area contributed by atoms with Crippen LogP contribution >= 0.6 is 11.3 Å². The molecule has 1 amide bonds. The Morgan fingerprint density at radius 3 is 2.70 bits per heavy atom. The number of rotatable bonds is 8. The van der Waals surface area contributed by atoms with Crippen LogP contribution in [0.4, 0.5) is 0 Å². The van der Waals surface area contributed by atoms with Gasteiger partial charge < -0.3 is 0 Å². The Kier molecular flexibility index (Phi) is 7.52. The van der Waals surface area contributed by atoms with Crippen LogP contribution in [0, 0.1) is 0 Å². The van der Waals surface area contributed by atoms with Crippen molar-refractivity contribution < 1.29 is 18.0 Å². The fourth-order valence-corrected chi connectivity index (χ4v) is 2.27. The zero-order valence-corrected chi connectivity index (χ0v) is 14.3. The number of aliphatic imine (C=N–C) groups is 1. The normalized spacial score (nSPS) is 12.9. The van der Waals surface area contributed by atoms with Crippen LogP contribution in [0.2, 0.25) is 0 Å². The summed E-state index contributed by atoms with van der Waals surface area (Å²) in [6.45, 7) is 1.67. The zero-order chi connectivity index (χ0) is 17.3. The highest BCUT2D eigenvalue weighted by atomic mass is 32.2. The molecule has 0 saturated carbocycles. The van der Waals surface area contributed by atoms with Gasteiger partial charge in [0.15, 0.2) is 5.78 Å². The van der Waals surface area contributed by atoms with Crippen molar-refractivity contribution in [3.05, 3.63) is 46.2 Å². The first kappa shape index (κ1) is 18.9. The predicted molar refractivity (Wildman–Crippen MR) is 91.0 cm³/mol. The minimum atomic E-state index is -3.56. The number of sulfonamides is 1. The average molecular weight is 355 g/mol. The molecule has 0 saturated heterocycles. The second-order valence-corrected chi connectivity index (χ2v) is 7.04. The molecule has 1 aromatic rings. The molecule has 2 N–H and O–H groups in total. The molecule has 0 fully saturated rings. The number of hydrazine groups is 1. The van der Waals surface area contributed by atoms with Crippen LogP contribution < -0.4 is 10.3 Å². The van der Waals surface area contributed by atoms with Gasteiger partial charge >= 0.3 is 0 Å². The Labute approximate surface area is 138 Å². The first-order valence-electron chi connectivity index (χ1n) is 6.50. The third-order valence-electron chi connectivity index (χ3n) is 2.34. The van der Waals surface area contributed by atoms with E-state index in [1.165, 1.54) is 23.6 Å². The Morgan fingerprint density at radius 1 is 1.39 bits per heavy atom. The summed E-state index contributed by atoms with van der Waals surface area (Å²) >= 11 is 1.32. The fourth-order valence-electron chi connectivity index (χ4n) is 1.33. The van der Waals surface area contributed by atoms with Gasteiger partial charge in [-0.05, 0) is 24.4 Å². The Hall–Kier alpha value is -2.10. The third kappa shape index (κ3) is 7.63. The molecule has 0 aliphatic carbocycles. The smallest absolute Gasteiger partial charge is 0.267 e. The van der Waals surface area contributed by atoms with Crippen molar-refractivity contribution in [3.8, 4) is 0 Å². The van der Waals surface area contributed by atoms with E-state index >= 15 is 0 Å². The van der Waals surface area contributed by atoms with E-state index in [4.69, 9.17) is 0 Å². The van der Waals surface area contributed by atoms with Crippen molar-refractivity contribution in [2.45, 2.75) is 6.92 Å². The van der Waals surface area contributed by atoms with Crippen LogP contribution in [-0.2, 0) is 14.8 Å². The number of hydrogen-bond acceptors (Lipinski definition) is 6. The molecule has 0 aliphatic rings. The standard InChI is InChI=1S/C14H17N3O4S2/c1-3-4-6-11(14(19)16-17-23(2,20)21)9-15-10-12(18)13-7-5-8-22-13/h3-9,17H,10H2,1-2H3,(H,16,19)/b4-3-,11-6+,15-9?. The maximum absolute atomic E-state index is 11.9. The molecular weight excluding hydrogens is 338 g/mol. The minimum absolute atomic E-state index is 0.0967. The monoisotopic (exact) mass is 355 g/mol. The molecule has 1 aromatic heterocycles. The molecule has 124 valence electrons. The molecule has 0 aromatic carbocycles. The molecule has 7 nitrogen and oxygen atoms in total. The molecule has 23 heavy (non-hydrogen) atoms. The van der Waals surface area contributed by atoms with Crippen molar-refractivity contribution in [3.63, 3.8) is 0 Å². The summed E-state index contributed by atoms with van der Waals surface area (Å²) in [5, 5.41) is 1.79. The number of nitrogens with zero attached hydrogens (tertiary/aromatic N) is 1. The number of hydrogen-bond donors (Lipinski definition) is 2. The van der Waals surface area contributed by atoms with Crippen molar-refractivity contribution in [2.24, 2.45) is 4.99 Å². The predicted octanol–water partition coefficient (Wildman–Crippen LogP) is 1.08. The van der Waals surface area contributed by atoms with Crippen LogP contribution in [0.5, 0.6) is 0 Å². The number of Topliss-reactive ketones (excluding diaryl/α,β-unsaturated/α-hetero) is 1. The Balaban J connectivity index is 2.73. The highest BCUT2D eigenvalue weighted by Gasteiger charge is 2.10. The van der Waals surface area contributed by atoms with Crippen LogP contribution in [0.1, 0.15) is 16.6 Å². The Bertz CT molecular complexity index is 732. The van der Waals surface area contributed by atoms with E-state index in [9.17, 15) is 18.0 Å². The van der Waals surface area contributed by atoms with Gasteiger partial charge in [0.1, 0.15) is 6.54 Å². The second-order valence-electron chi connectivity index (χ2n) is 4.35. The van der Waals surface area contributed by atoms with Gasteiger partial charge in [0.2, 0.25) is 10.0 Å². The van der Waals surface area contributed by atoms with Crippen LogP contribution in [0.15, 0.2) is 46.3 Å². The SMILES string of the molecule is C/C=C\C=C(/C=NCC(=O)c1cccs1)C(=O)NNS(C)(=O)=O. The van der Waals surface area contributed by atoms with E-state index < -0.39 is 15.9 Å². The van der Waals surface area contributed by atoms with Crippen molar-refractivity contribution in [1.29, 1.82) is 0 Å². The summed E-state index contributed by atoms with van der Waals surface area (Å²) in [5.41, 5.74) is 2.15. The zero-order valence-electron chi connectivity index (χ0n) is 12.6. The molecular formula is C14H17N3O4S2. The van der Waals surface area contributed by atoms with E-state index in [1.54, 1.807) is 36.6 Å². The Morgan fingerprint density at radius 2 is 2.13 bits per heavy atom. The lowest BCUT2D eigenvalue weighted by Crippen LogP contribution is -2.41. The molecule has 0 aliphatic heterocycles. The second kappa shape index (κ2) is 9.13. The first-order valence-corrected chi connectivity index (χ1v) is 9.27. The molecule has 0 bridgehead atoms. The van der Waals surface area contributed by atoms with Crippen LogP contribution in [0.3, 0.4) is 0 Å². The van der Waals surface area contributed by atoms with Crippen molar-refractivity contribution in [1.82, 2.24) is 10.3 Å². The van der Waals surface area contributed by atoms with Gasteiger partial charge in [0.25, 0.3) is 5.91 Å². The highest BCUT2D eigenvalue weighted by Crippen LogP contribution is 2.09. The van der Waals surface area contributed by atoms with E-state index in [-0.39, 0.29) is 17.9 Å². The number of amides is 1. The lowest BCUT2D eigenvalue weighted by Gasteiger charge is -2.05. The fraction of sp³-hybridized carbons (Fsp3) is 0.214. The van der Waals surface area contributed by atoms with Crippen LogP contribution in [-0.4, -0.2) is 39.1 Å². The minimum Gasteiger partial charge on any atom is -0.291 e. The topological polar surface area (TPSA) is 105 Å². The first-order chi connectivity index (χ1) is 10.8. The summed E-state index contributed by atoms with van der Waals surface area (Å²) in [5.74, 6) is -0.836. The van der Waals surface area contributed by atoms with Crippen molar-refractivity contribution >= 4 is 39.3 Å². The van der Waals surface area contributed by atoms with Crippen molar-refractivity contribution in [2.75, 3.05) is 12.8 Å². The van der Waals surface area contributed by atoms with E-state index in [0.29, 0.717) is 4.88 Å². The van der Waals surface area contributed by atoms with Gasteiger partial charge in [-0.25, -0.2) is 8.42 Å². The van der Waals surface area contributed by atoms with Gasteiger partial charge in [-0.1, -0.05) is 18.2 Å². The van der Waals surface area contributed by atoms with E-state index in [2.05, 4.69) is 4.99 Å². The summed E-state index contributed by atoms with van der Waals surface area (Å²) in [7, 11) is -3.56. The van der Waals surface area contributed by atoms with Crippen LogP contribution in [0.25, 0.3) is 0 Å². The van der Waals surface area contributed by atoms with Gasteiger partial charge in [-0.3, -0.25) is 20.0 Å². The molecule has 9 heteroatoms. The number of ketones is 1. The van der Waals surface area contributed by atoms with E-state index in [0.717, 1.165) is 6.26 Å². The largest absolute Gasteiger partial charge is 0.291 e. The molecule has 0 atom stereocenters. The number of carbonyl (C=O) groups excluding carboxylic acids is 2. The highest BCUT2D eigenvalue weighted by molar-refractivity contribution is 7.88. The summed E-state index contributed by atoms with van der Waals surface area (Å²) in [6, 6.07) is 3.46. The van der Waals surface area contributed by atoms with Gasteiger partial charge in [0.05, 0.1) is 16.7 Å².